The van der Waals surface area contributed by atoms with Crippen LogP contribution in [0.4, 0.5) is 13.2 Å². The zero-order chi connectivity index (χ0) is 14.5. The zero-order valence-electron chi connectivity index (χ0n) is 11.5. The summed E-state index contributed by atoms with van der Waals surface area (Å²) in [6.45, 7) is 7.47. The van der Waals surface area contributed by atoms with Crippen molar-refractivity contribution in [3.63, 3.8) is 0 Å². The third-order valence-electron chi connectivity index (χ3n) is 2.62. The van der Waals surface area contributed by atoms with Crippen LogP contribution >= 0.6 is 0 Å². The van der Waals surface area contributed by atoms with Gasteiger partial charge in [0.25, 0.3) is 0 Å². The average Bonchev–Trinajstić information content (AvgIpc) is 2.27. The molecule has 0 bridgehead atoms. The van der Waals surface area contributed by atoms with E-state index in [0.717, 1.165) is 18.2 Å². The van der Waals surface area contributed by atoms with Crippen LogP contribution in [0.25, 0.3) is 6.08 Å². The topological polar surface area (TPSA) is 12.0 Å². The molecule has 0 aliphatic heterocycles. The smallest absolute Gasteiger partial charge is 0.313 e. The van der Waals surface area contributed by atoms with Gasteiger partial charge in [-0.1, -0.05) is 43.7 Å². The van der Waals surface area contributed by atoms with Gasteiger partial charge in [0.2, 0.25) is 0 Å². The van der Waals surface area contributed by atoms with Crippen LogP contribution in [-0.4, -0.2) is 13.1 Å². The van der Waals surface area contributed by atoms with Gasteiger partial charge >= 0.3 is 6.18 Å². The van der Waals surface area contributed by atoms with E-state index in [2.05, 4.69) is 19.2 Å². The Balaban J connectivity index is 2.80. The molecule has 0 aliphatic carbocycles. The summed E-state index contributed by atoms with van der Waals surface area (Å²) in [4.78, 5) is 0. The van der Waals surface area contributed by atoms with Gasteiger partial charge in [-0.2, -0.15) is 13.2 Å². The maximum absolute atomic E-state index is 12.8. The minimum absolute atomic E-state index is 0.221. The third-order valence-corrected chi connectivity index (χ3v) is 2.62. The van der Waals surface area contributed by atoms with Gasteiger partial charge in [0, 0.05) is 6.54 Å². The van der Waals surface area contributed by atoms with Crippen molar-refractivity contribution in [3.8, 4) is 0 Å². The maximum Gasteiger partial charge on any atom is 0.416 e. The second-order valence-electron chi connectivity index (χ2n) is 5.10. The Morgan fingerprint density at radius 3 is 2.47 bits per heavy atom. The van der Waals surface area contributed by atoms with Crippen LogP contribution in [-0.2, 0) is 6.18 Å². The van der Waals surface area contributed by atoms with E-state index >= 15 is 0 Å². The lowest BCUT2D eigenvalue weighted by atomic mass is 10.0. The van der Waals surface area contributed by atoms with E-state index < -0.39 is 11.7 Å². The number of rotatable bonds is 5. The van der Waals surface area contributed by atoms with Crippen molar-refractivity contribution < 1.29 is 13.2 Å². The monoisotopic (exact) mass is 271 g/mol. The molecule has 1 aromatic rings. The molecule has 0 saturated heterocycles. The van der Waals surface area contributed by atoms with E-state index in [0.29, 0.717) is 12.5 Å². The lowest BCUT2D eigenvalue weighted by molar-refractivity contribution is -0.137. The van der Waals surface area contributed by atoms with Gasteiger partial charge in [-0.15, -0.1) is 0 Å². The number of alkyl halides is 3. The second kappa shape index (κ2) is 6.75. The fourth-order valence-corrected chi connectivity index (χ4v) is 1.76. The van der Waals surface area contributed by atoms with Crippen molar-refractivity contribution in [2.24, 2.45) is 5.92 Å². The summed E-state index contributed by atoms with van der Waals surface area (Å²) in [5.41, 5.74) is 0.523. The lowest BCUT2D eigenvalue weighted by Crippen LogP contribution is -2.21. The maximum atomic E-state index is 12.8. The van der Waals surface area contributed by atoms with Crippen molar-refractivity contribution in [1.29, 1.82) is 0 Å². The quantitative estimate of drug-likeness (QED) is 0.839. The largest absolute Gasteiger partial charge is 0.416 e. The number of hydrogen-bond acceptors (Lipinski definition) is 1. The molecule has 106 valence electrons. The first kappa shape index (κ1) is 15.8. The molecule has 0 aliphatic rings. The van der Waals surface area contributed by atoms with Crippen LogP contribution in [0.1, 0.15) is 31.9 Å². The first-order chi connectivity index (χ1) is 8.80. The molecule has 0 atom stereocenters. The van der Waals surface area contributed by atoms with E-state index in [1.165, 1.54) is 12.1 Å². The highest BCUT2D eigenvalue weighted by atomic mass is 19.4. The van der Waals surface area contributed by atoms with E-state index in [9.17, 15) is 13.2 Å². The van der Waals surface area contributed by atoms with E-state index in [4.69, 9.17) is 0 Å². The minimum atomic E-state index is -4.31. The van der Waals surface area contributed by atoms with Crippen molar-refractivity contribution in [2.45, 2.75) is 26.9 Å². The predicted octanol–water partition coefficient (Wildman–Crippen LogP) is 4.35. The van der Waals surface area contributed by atoms with Crippen LogP contribution < -0.4 is 5.32 Å². The number of hydrogen-bond donors (Lipinski definition) is 1. The first-order valence-electron chi connectivity index (χ1n) is 6.35. The molecule has 1 aromatic carbocycles. The summed E-state index contributed by atoms with van der Waals surface area (Å²) in [6, 6.07) is 5.64. The zero-order valence-corrected chi connectivity index (χ0v) is 11.5. The van der Waals surface area contributed by atoms with Gasteiger partial charge in [0.15, 0.2) is 0 Å². The van der Waals surface area contributed by atoms with Gasteiger partial charge in [0.05, 0.1) is 5.56 Å². The summed E-state index contributed by atoms with van der Waals surface area (Å²) >= 11 is 0. The number of nitrogens with one attached hydrogen (secondary N) is 1. The molecule has 4 heteroatoms. The van der Waals surface area contributed by atoms with E-state index in [1.54, 1.807) is 12.1 Å². The predicted molar refractivity (Wildman–Crippen MR) is 72.8 cm³/mol. The molecule has 0 radical (unpaired) electrons. The van der Waals surface area contributed by atoms with Gasteiger partial charge in [0.1, 0.15) is 0 Å². The highest BCUT2D eigenvalue weighted by molar-refractivity contribution is 5.57. The fraction of sp³-hybridized carbons (Fsp3) is 0.467. The molecular weight excluding hydrogens is 251 g/mol. The van der Waals surface area contributed by atoms with Crippen molar-refractivity contribution >= 4 is 6.08 Å². The summed E-state index contributed by atoms with van der Waals surface area (Å²) in [6.07, 6.45) is -2.71. The van der Waals surface area contributed by atoms with Crippen molar-refractivity contribution in [3.05, 3.63) is 41.0 Å². The number of benzene rings is 1. The molecule has 1 nitrogen and oxygen atoms in total. The molecule has 0 aromatic heterocycles. The molecule has 1 rings (SSSR count). The lowest BCUT2D eigenvalue weighted by Gasteiger charge is -2.11. The Hall–Kier alpha value is -1.29. The Kier molecular flexibility index (Phi) is 5.60. The van der Waals surface area contributed by atoms with Crippen molar-refractivity contribution in [2.75, 3.05) is 13.1 Å². The molecule has 1 N–H and O–H groups in total. The Morgan fingerprint density at radius 2 is 1.89 bits per heavy atom. The van der Waals surface area contributed by atoms with E-state index in [-0.39, 0.29) is 5.56 Å². The van der Waals surface area contributed by atoms with Gasteiger partial charge in [-0.05, 0) is 31.0 Å². The molecule has 0 heterocycles. The molecule has 0 amide bonds. The standard InChI is InChI=1S/C15H20F3N/c1-11(2)9-19-10-12(3)8-13-6-4-5-7-14(13)15(16,17)18/h4-8,11,19H,9-10H2,1-3H3. The summed E-state index contributed by atoms with van der Waals surface area (Å²) in [7, 11) is 0. The van der Waals surface area contributed by atoms with Gasteiger partial charge < -0.3 is 5.32 Å². The number of halogens is 3. The van der Waals surface area contributed by atoms with Crippen LogP contribution in [0.5, 0.6) is 0 Å². The van der Waals surface area contributed by atoms with Crippen LogP contribution in [0.15, 0.2) is 29.8 Å². The van der Waals surface area contributed by atoms with Gasteiger partial charge in [-0.3, -0.25) is 0 Å². The summed E-state index contributed by atoms with van der Waals surface area (Å²) in [5, 5.41) is 3.21. The Morgan fingerprint density at radius 1 is 1.26 bits per heavy atom. The van der Waals surface area contributed by atoms with Gasteiger partial charge in [-0.25, -0.2) is 0 Å². The SMILES string of the molecule is CC(=Cc1ccccc1C(F)(F)F)CNCC(C)C. The summed E-state index contributed by atoms with van der Waals surface area (Å²) in [5.74, 6) is 0.523. The Bertz CT molecular complexity index is 433. The minimum Gasteiger partial charge on any atom is -0.313 e. The van der Waals surface area contributed by atoms with Crippen LogP contribution in [0, 0.1) is 5.92 Å². The highest BCUT2D eigenvalue weighted by Gasteiger charge is 2.32. The third kappa shape index (κ3) is 5.47. The fourth-order valence-electron chi connectivity index (χ4n) is 1.76. The van der Waals surface area contributed by atoms with Crippen molar-refractivity contribution in [1.82, 2.24) is 5.32 Å². The second-order valence-corrected chi connectivity index (χ2v) is 5.10. The molecule has 0 unspecified atom stereocenters. The molecular formula is C15H20F3N. The Labute approximate surface area is 112 Å². The first-order valence-corrected chi connectivity index (χ1v) is 6.35. The van der Waals surface area contributed by atoms with Crippen LogP contribution in [0.2, 0.25) is 0 Å². The van der Waals surface area contributed by atoms with E-state index in [1.807, 2.05) is 6.92 Å². The molecule has 0 fully saturated rings. The highest BCUT2D eigenvalue weighted by Crippen LogP contribution is 2.32. The molecule has 0 spiro atoms. The summed E-state index contributed by atoms with van der Waals surface area (Å²) < 4.78 is 38.4. The van der Waals surface area contributed by atoms with Crippen LogP contribution in [0.3, 0.4) is 0 Å². The molecule has 19 heavy (non-hydrogen) atoms. The average molecular weight is 271 g/mol. The molecule has 0 saturated carbocycles. The normalized spacial score (nSPS) is 13.1.